The largest absolute Gasteiger partial charge is 0.339 e. The van der Waals surface area contributed by atoms with Crippen LogP contribution in [0.5, 0.6) is 0 Å². The first-order valence-corrected chi connectivity index (χ1v) is 10.7. The number of piperazine rings is 1. The molecule has 0 bridgehead atoms. The van der Waals surface area contributed by atoms with Crippen molar-refractivity contribution in [1.29, 1.82) is 0 Å². The van der Waals surface area contributed by atoms with Gasteiger partial charge in [0.05, 0.1) is 0 Å². The lowest BCUT2D eigenvalue weighted by Crippen LogP contribution is -2.52. The van der Waals surface area contributed by atoms with Crippen LogP contribution in [0.1, 0.15) is 36.2 Å². The van der Waals surface area contributed by atoms with Crippen LogP contribution in [0.25, 0.3) is 5.69 Å². The van der Waals surface area contributed by atoms with Gasteiger partial charge in [-0.15, -0.1) is 0 Å². The summed E-state index contributed by atoms with van der Waals surface area (Å²) in [5.41, 5.74) is 1.66. The molecule has 1 saturated carbocycles. The molecule has 2 aromatic rings. The zero-order valence-corrected chi connectivity index (χ0v) is 17.5. The maximum absolute atomic E-state index is 13.1. The quantitative estimate of drug-likeness (QED) is 0.635. The van der Waals surface area contributed by atoms with Gasteiger partial charge in [0, 0.05) is 47.6 Å². The van der Waals surface area contributed by atoms with Gasteiger partial charge in [-0.25, -0.2) is 0 Å². The molecule has 0 unspecified atom stereocenters. The van der Waals surface area contributed by atoms with E-state index in [9.17, 15) is 9.59 Å². The molecule has 0 radical (unpaired) electrons. The van der Waals surface area contributed by atoms with Crippen molar-refractivity contribution in [3.63, 3.8) is 0 Å². The lowest BCUT2D eigenvalue weighted by Gasteiger charge is -2.36. The molecule has 6 heteroatoms. The molecule has 27 heavy (non-hydrogen) atoms. The van der Waals surface area contributed by atoms with Crippen molar-refractivity contribution in [1.82, 2.24) is 14.4 Å². The van der Waals surface area contributed by atoms with Gasteiger partial charge < -0.3 is 14.4 Å². The van der Waals surface area contributed by atoms with Crippen molar-refractivity contribution < 1.29 is 9.59 Å². The maximum Gasteiger partial charge on any atom is 0.270 e. The second-order valence-corrected chi connectivity index (χ2v) is 8.59. The summed E-state index contributed by atoms with van der Waals surface area (Å²) in [7, 11) is 0. The predicted molar refractivity (Wildman–Crippen MR) is 113 cm³/mol. The fraction of sp³-hybridized carbons (Fsp3) is 0.429. The third-order valence-electron chi connectivity index (χ3n) is 5.64. The van der Waals surface area contributed by atoms with Crippen LogP contribution >= 0.6 is 22.6 Å². The first kappa shape index (κ1) is 18.5. The predicted octanol–water partition coefficient (Wildman–Crippen LogP) is 3.56. The average molecular weight is 477 g/mol. The van der Waals surface area contributed by atoms with Gasteiger partial charge in [-0.3, -0.25) is 9.59 Å². The second kappa shape index (κ2) is 8.04. The standard InChI is InChI=1S/C21H24IN3O2/c22-17-7-3-8-18(15-17)25-10-4-9-19(25)21(27)24-13-11-23(12-14-24)20(26)16-5-1-2-6-16/h3-4,7-10,15-16H,1-2,5-6,11-14H2. The summed E-state index contributed by atoms with van der Waals surface area (Å²) >= 11 is 2.28. The minimum Gasteiger partial charge on any atom is -0.339 e. The molecule has 1 aliphatic heterocycles. The van der Waals surface area contributed by atoms with E-state index < -0.39 is 0 Å². The number of nitrogens with zero attached hydrogens (tertiary/aromatic N) is 3. The molecule has 1 aliphatic carbocycles. The Bertz CT molecular complexity index is 833. The molecule has 0 N–H and O–H groups in total. The molecule has 5 nitrogen and oxygen atoms in total. The molecule has 142 valence electrons. The Morgan fingerprint density at radius 3 is 2.33 bits per heavy atom. The SMILES string of the molecule is O=C(c1cccn1-c1cccc(I)c1)N1CCN(C(=O)C2CCCC2)CC1. The summed E-state index contributed by atoms with van der Waals surface area (Å²) in [6.07, 6.45) is 6.33. The van der Waals surface area contributed by atoms with E-state index in [2.05, 4.69) is 28.7 Å². The normalized spacial score (nSPS) is 18.1. The monoisotopic (exact) mass is 477 g/mol. The van der Waals surface area contributed by atoms with E-state index in [4.69, 9.17) is 0 Å². The number of hydrogen-bond acceptors (Lipinski definition) is 2. The minimum atomic E-state index is 0.0341. The van der Waals surface area contributed by atoms with Crippen LogP contribution in [-0.2, 0) is 4.79 Å². The van der Waals surface area contributed by atoms with Gasteiger partial charge in [0.15, 0.2) is 0 Å². The van der Waals surface area contributed by atoms with E-state index in [0.29, 0.717) is 37.8 Å². The van der Waals surface area contributed by atoms with E-state index in [1.165, 1.54) is 12.8 Å². The number of benzene rings is 1. The molecule has 0 spiro atoms. The molecule has 4 rings (SSSR count). The molecule has 2 aliphatic rings. The van der Waals surface area contributed by atoms with Gasteiger partial charge in [0.1, 0.15) is 5.69 Å². The first-order chi connectivity index (χ1) is 13.1. The zero-order valence-electron chi connectivity index (χ0n) is 15.3. The second-order valence-electron chi connectivity index (χ2n) is 7.34. The molecule has 2 heterocycles. The summed E-state index contributed by atoms with van der Waals surface area (Å²) in [4.78, 5) is 29.5. The highest BCUT2D eigenvalue weighted by Gasteiger charge is 2.31. The minimum absolute atomic E-state index is 0.0341. The Morgan fingerprint density at radius 1 is 0.926 bits per heavy atom. The smallest absolute Gasteiger partial charge is 0.270 e. The maximum atomic E-state index is 13.1. The first-order valence-electron chi connectivity index (χ1n) is 9.65. The number of aromatic nitrogens is 1. The summed E-state index contributed by atoms with van der Waals surface area (Å²) in [6, 6.07) is 11.9. The van der Waals surface area contributed by atoms with Crippen molar-refractivity contribution in [3.8, 4) is 5.69 Å². The lowest BCUT2D eigenvalue weighted by atomic mass is 10.1. The fourth-order valence-electron chi connectivity index (χ4n) is 4.13. The van der Waals surface area contributed by atoms with E-state index in [0.717, 1.165) is 22.1 Å². The van der Waals surface area contributed by atoms with Gasteiger partial charge in [-0.05, 0) is 65.8 Å². The number of hydrogen-bond donors (Lipinski definition) is 0. The number of halogens is 1. The Labute approximate surface area is 173 Å². The third kappa shape index (κ3) is 3.90. The Balaban J connectivity index is 1.43. The zero-order chi connectivity index (χ0) is 18.8. The van der Waals surface area contributed by atoms with Crippen molar-refractivity contribution in [2.45, 2.75) is 25.7 Å². The van der Waals surface area contributed by atoms with E-state index >= 15 is 0 Å². The topological polar surface area (TPSA) is 45.6 Å². The summed E-state index contributed by atoms with van der Waals surface area (Å²) in [6.45, 7) is 2.50. The van der Waals surface area contributed by atoms with Crippen LogP contribution in [0.3, 0.4) is 0 Å². The van der Waals surface area contributed by atoms with Gasteiger partial charge in [-0.1, -0.05) is 18.9 Å². The number of rotatable bonds is 3. The van der Waals surface area contributed by atoms with Gasteiger partial charge in [0.25, 0.3) is 5.91 Å². The summed E-state index contributed by atoms with van der Waals surface area (Å²) in [5.74, 6) is 0.540. The fourth-order valence-corrected chi connectivity index (χ4v) is 4.66. The van der Waals surface area contributed by atoms with Crippen molar-refractivity contribution in [2.24, 2.45) is 5.92 Å². The van der Waals surface area contributed by atoms with Crippen LogP contribution in [0, 0.1) is 9.49 Å². The molecule has 1 aromatic heterocycles. The molecular weight excluding hydrogens is 453 g/mol. The van der Waals surface area contributed by atoms with Crippen molar-refractivity contribution >= 4 is 34.4 Å². The van der Waals surface area contributed by atoms with Crippen LogP contribution < -0.4 is 0 Å². The third-order valence-corrected chi connectivity index (χ3v) is 6.31. The molecule has 1 saturated heterocycles. The summed E-state index contributed by atoms with van der Waals surface area (Å²) < 4.78 is 3.08. The van der Waals surface area contributed by atoms with E-state index in [-0.39, 0.29) is 11.8 Å². The molecule has 0 atom stereocenters. The Hall–Kier alpha value is -1.83. The Kier molecular flexibility index (Phi) is 5.52. The molecule has 1 aromatic carbocycles. The highest BCUT2D eigenvalue weighted by Crippen LogP contribution is 2.27. The summed E-state index contributed by atoms with van der Waals surface area (Å²) in [5, 5.41) is 0. The van der Waals surface area contributed by atoms with Crippen molar-refractivity contribution in [3.05, 3.63) is 51.9 Å². The molecular formula is C21H24IN3O2. The lowest BCUT2D eigenvalue weighted by molar-refractivity contribution is -0.136. The van der Waals surface area contributed by atoms with Gasteiger partial charge in [0.2, 0.25) is 5.91 Å². The number of amides is 2. The van der Waals surface area contributed by atoms with Crippen LogP contribution in [-0.4, -0.2) is 52.4 Å². The van der Waals surface area contributed by atoms with E-state index in [1.54, 1.807) is 0 Å². The van der Waals surface area contributed by atoms with Crippen LogP contribution in [0.2, 0.25) is 0 Å². The molecule has 2 amide bonds. The highest BCUT2D eigenvalue weighted by atomic mass is 127. The number of carbonyl (C=O) groups excluding carboxylic acids is 2. The molecule has 2 fully saturated rings. The Morgan fingerprint density at radius 2 is 1.63 bits per heavy atom. The van der Waals surface area contributed by atoms with Gasteiger partial charge in [-0.2, -0.15) is 0 Å². The van der Waals surface area contributed by atoms with Crippen LogP contribution in [0.15, 0.2) is 42.6 Å². The van der Waals surface area contributed by atoms with Crippen LogP contribution in [0.4, 0.5) is 0 Å². The van der Waals surface area contributed by atoms with Crippen molar-refractivity contribution in [2.75, 3.05) is 26.2 Å². The highest BCUT2D eigenvalue weighted by molar-refractivity contribution is 14.1. The van der Waals surface area contributed by atoms with E-state index in [1.807, 2.05) is 50.9 Å². The number of carbonyl (C=O) groups is 2. The average Bonchev–Trinajstić information content (AvgIpc) is 3.39. The van der Waals surface area contributed by atoms with Gasteiger partial charge >= 0.3 is 0 Å².